The molecule has 0 saturated carbocycles. The number of carbonyl (C=O) groups excluding carboxylic acids is 1. The van der Waals surface area contributed by atoms with Crippen LogP contribution in [-0.4, -0.2) is 38.3 Å². The molecule has 0 fully saturated rings. The number of hydrogen-bond acceptors (Lipinski definition) is 6. The predicted octanol–water partition coefficient (Wildman–Crippen LogP) is 4.12. The first-order valence-electron chi connectivity index (χ1n) is 9.96. The zero-order chi connectivity index (χ0) is 22.8. The molecular weight excluding hydrogens is 401 g/mol. The van der Waals surface area contributed by atoms with Gasteiger partial charge in [-0.1, -0.05) is 13.0 Å². The van der Waals surface area contributed by atoms with E-state index in [0.29, 0.717) is 12.1 Å². The van der Waals surface area contributed by atoms with Crippen LogP contribution < -0.4 is 11.0 Å². The molecule has 2 aromatic heterocycles. The van der Waals surface area contributed by atoms with Crippen LogP contribution in [0, 0.1) is 5.82 Å². The first-order valence-corrected chi connectivity index (χ1v) is 9.96. The number of carbonyl (C=O) groups is 1. The highest BCUT2D eigenvalue weighted by Gasteiger charge is 2.29. The Kier molecular flexibility index (Phi) is 6.24. The molecule has 0 radical (unpaired) electrons. The highest BCUT2D eigenvalue weighted by Crippen LogP contribution is 2.25. The lowest BCUT2D eigenvalue weighted by Gasteiger charge is -2.31. The third-order valence-electron chi connectivity index (χ3n) is 4.61. The van der Waals surface area contributed by atoms with Crippen molar-refractivity contribution in [1.82, 2.24) is 19.5 Å². The number of aromatic nitrogens is 3. The van der Waals surface area contributed by atoms with Gasteiger partial charge in [0.1, 0.15) is 16.8 Å². The molecule has 164 valence electrons. The third-order valence-corrected chi connectivity index (χ3v) is 4.61. The molecule has 2 heterocycles. The summed E-state index contributed by atoms with van der Waals surface area (Å²) < 4.78 is 21.1. The molecule has 1 aromatic carbocycles. The summed E-state index contributed by atoms with van der Waals surface area (Å²) in [5.74, 6) is -0.417. The summed E-state index contributed by atoms with van der Waals surface area (Å²) in [6.07, 6.45) is 3.01. The Balaban J connectivity index is 2.17. The maximum atomic E-state index is 14.5. The fraction of sp³-hybridized carbons (Fsp3) is 0.364. The lowest BCUT2D eigenvalue weighted by atomic mass is 10.1. The minimum absolute atomic E-state index is 0.141. The highest BCUT2D eigenvalue weighted by atomic mass is 19.1. The number of benzene rings is 1. The van der Waals surface area contributed by atoms with Crippen LogP contribution in [0.4, 0.5) is 14.9 Å². The van der Waals surface area contributed by atoms with Crippen molar-refractivity contribution in [2.75, 3.05) is 12.5 Å². The SMILES string of the molecule is CC[C@@H](c1nc2cccc(F)c2c(=O)n1Nc1cccnc1)N(C)C(=O)OC(C)(C)C. The van der Waals surface area contributed by atoms with Gasteiger partial charge in [0, 0.05) is 13.2 Å². The van der Waals surface area contributed by atoms with Gasteiger partial charge in [0.25, 0.3) is 5.56 Å². The van der Waals surface area contributed by atoms with Gasteiger partial charge in [-0.15, -0.1) is 0 Å². The zero-order valence-corrected chi connectivity index (χ0v) is 18.2. The largest absolute Gasteiger partial charge is 0.444 e. The number of amides is 1. The van der Waals surface area contributed by atoms with Crippen molar-refractivity contribution in [2.24, 2.45) is 0 Å². The van der Waals surface area contributed by atoms with E-state index in [0.717, 1.165) is 4.68 Å². The number of rotatable bonds is 5. The summed E-state index contributed by atoms with van der Waals surface area (Å²) in [4.78, 5) is 36.0. The summed E-state index contributed by atoms with van der Waals surface area (Å²) in [6.45, 7) is 7.19. The number of anilines is 1. The number of ether oxygens (including phenoxy) is 1. The maximum absolute atomic E-state index is 14.5. The molecule has 9 heteroatoms. The second kappa shape index (κ2) is 8.71. The Labute approximate surface area is 179 Å². The van der Waals surface area contributed by atoms with Crippen molar-refractivity contribution in [3.05, 3.63) is 64.7 Å². The van der Waals surface area contributed by atoms with Crippen molar-refractivity contribution in [3.8, 4) is 0 Å². The molecule has 31 heavy (non-hydrogen) atoms. The van der Waals surface area contributed by atoms with Crippen LogP contribution in [0.5, 0.6) is 0 Å². The monoisotopic (exact) mass is 427 g/mol. The van der Waals surface area contributed by atoms with Crippen LogP contribution in [0.3, 0.4) is 0 Å². The van der Waals surface area contributed by atoms with Gasteiger partial charge in [-0.25, -0.2) is 18.8 Å². The average Bonchev–Trinajstić information content (AvgIpc) is 2.70. The Morgan fingerprint density at radius 2 is 2.03 bits per heavy atom. The fourth-order valence-electron chi connectivity index (χ4n) is 3.19. The van der Waals surface area contributed by atoms with E-state index in [1.54, 1.807) is 52.2 Å². The highest BCUT2D eigenvalue weighted by molar-refractivity contribution is 5.78. The number of nitrogens with zero attached hydrogens (tertiary/aromatic N) is 4. The summed E-state index contributed by atoms with van der Waals surface area (Å²) in [6, 6.07) is 7.08. The number of pyridine rings is 1. The smallest absolute Gasteiger partial charge is 0.410 e. The van der Waals surface area contributed by atoms with E-state index in [2.05, 4.69) is 15.4 Å². The molecule has 0 aliphatic carbocycles. The maximum Gasteiger partial charge on any atom is 0.410 e. The lowest BCUT2D eigenvalue weighted by Crippen LogP contribution is -2.40. The molecule has 0 bridgehead atoms. The topological polar surface area (TPSA) is 89.4 Å². The van der Waals surface area contributed by atoms with E-state index in [9.17, 15) is 14.0 Å². The van der Waals surface area contributed by atoms with Crippen LogP contribution in [0.15, 0.2) is 47.5 Å². The van der Waals surface area contributed by atoms with Gasteiger partial charge in [-0.2, -0.15) is 0 Å². The minimum Gasteiger partial charge on any atom is -0.444 e. The Morgan fingerprint density at radius 1 is 1.29 bits per heavy atom. The molecular formula is C22H26FN5O3. The normalized spacial score (nSPS) is 12.5. The molecule has 0 saturated heterocycles. The van der Waals surface area contributed by atoms with Crippen LogP contribution in [0.1, 0.15) is 46.0 Å². The second-order valence-corrected chi connectivity index (χ2v) is 8.11. The van der Waals surface area contributed by atoms with E-state index in [1.807, 2.05) is 6.92 Å². The Hall–Kier alpha value is -3.49. The van der Waals surface area contributed by atoms with Crippen LogP contribution in [0.2, 0.25) is 0 Å². The molecule has 3 rings (SSSR count). The standard InChI is InChI=1S/C22H26FN5O3/c1-6-17(27(5)21(30)31-22(2,3)4)19-25-16-11-7-10-15(23)18(16)20(29)28(19)26-14-9-8-12-24-13-14/h7-13,17,26H,6H2,1-5H3/t17-/m0/s1. The van der Waals surface area contributed by atoms with Crippen molar-refractivity contribution >= 4 is 22.7 Å². The molecule has 0 unspecified atom stereocenters. The van der Waals surface area contributed by atoms with E-state index in [-0.39, 0.29) is 16.7 Å². The first-order chi connectivity index (χ1) is 14.6. The van der Waals surface area contributed by atoms with Crippen molar-refractivity contribution < 1.29 is 13.9 Å². The Bertz CT molecular complexity index is 1140. The van der Waals surface area contributed by atoms with Crippen LogP contribution in [-0.2, 0) is 4.74 Å². The second-order valence-electron chi connectivity index (χ2n) is 8.11. The first kappa shape index (κ1) is 22.2. The molecule has 0 spiro atoms. The van der Waals surface area contributed by atoms with Gasteiger partial charge in [-0.3, -0.25) is 15.2 Å². The molecule has 0 aliphatic heterocycles. The molecule has 1 amide bonds. The van der Waals surface area contributed by atoms with Crippen LogP contribution >= 0.6 is 0 Å². The summed E-state index contributed by atoms with van der Waals surface area (Å²) in [7, 11) is 1.58. The lowest BCUT2D eigenvalue weighted by molar-refractivity contribution is 0.0205. The molecule has 0 aliphatic rings. The number of fused-ring (bicyclic) bond motifs is 1. The van der Waals surface area contributed by atoms with Crippen molar-refractivity contribution in [2.45, 2.75) is 45.8 Å². The average molecular weight is 427 g/mol. The van der Waals surface area contributed by atoms with Gasteiger partial charge in [0.2, 0.25) is 0 Å². The fourth-order valence-corrected chi connectivity index (χ4v) is 3.19. The van der Waals surface area contributed by atoms with Gasteiger partial charge >= 0.3 is 6.09 Å². The Morgan fingerprint density at radius 3 is 2.65 bits per heavy atom. The number of nitrogens with one attached hydrogen (secondary N) is 1. The molecule has 1 N–H and O–H groups in total. The number of halogens is 1. The molecule has 3 aromatic rings. The summed E-state index contributed by atoms with van der Waals surface area (Å²) in [5, 5.41) is -0.141. The molecule has 8 nitrogen and oxygen atoms in total. The van der Waals surface area contributed by atoms with E-state index in [1.165, 1.54) is 23.2 Å². The molecule has 1 atom stereocenters. The van der Waals surface area contributed by atoms with Crippen LogP contribution in [0.25, 0.3) is 10.9 Å². The summed E-state index contributed by atoms with van der Waals surface area (Å²) in [5.41, 5.74) is 2.38. The quantitative estimate of drug-likeness (QED) is 0.659. The van der Waals surface area contributed by atoms with Gasteiger partial charge in [-0.05, 0) is 51.5 Å². The minimum atomic E-state index is -0.683. The van der Waals surface area contributed by atoms with E-state index < -0.39 is 29.1 Å². The van der Waals surface area contributed by atoms with E-state index >= 15 is 0 Å². The van der Waals surface area contributed by atoms with Gasteiger partial charge < -0.3 is 9.64 Å². The number of hydrogen-bond donors (Lipinski definition) is 1. The predicted molar refractivity (Wildman–Crippen MR) is 116 cm³/mol. The van der Waals surface area contributed by atoms with E-state index in [4.69, 9.17) is 4.74 Å². The van der Waals surface area contributed by atoms with Crippen molar-refractivity contribution in [1.29, 1.82) is 0 Å². The third kappa shape index (κ3) is 4.82. The van der Waals surface area contributed by atoms with Gasteiger partial charge in [0.15, 0.2) is 5.82 Å². The van der Waals surface area contributed by atoms with Gasteiger partial charge in [0.05, 0.1) is 23.4 Å². The zero-order valence-electron chi connectivity index (χ0n) is 18.2. The summed E-state index contributed by atoms with van der Waals surface area (Å²) >= 11 is 0. The van der Waals surface area contributed by atoms with Crippen molar-refractivity contribution in [3.63, 3.8) is 0 Å².